The van der Waals surface area contributed by atoms with E-state index in [2.05, 4.69) is 25.4 Å². The second-order valence-electron chi connectivity index (χ2n) is 5.38. The van der Waals surface area contributed by atoms with E-state index in [4.69, 9.17) is 5.11 Å². The highest BCUT2D eigenvalue weighted by Crippen LogP contribution is 2.33. The average Bonchev–Trinajstić information content (AvgIpc) is 2.74. The first-order valence-corrected chi connectivity index (χ1v) is 6.52. The molecule has 3 N–H and O–H groups in total. The molecule has 106 valence electrons. The predicted molar refractivity (Wildman–Crippen MR) is 70.1 cm³/mol. The van der Waals surface area contributed by atoms with Gasteiger partial charge in [-0.2, -0.15) is 5.10 Å². The largest absolute Gasteiger partial charge is 0.465 e. The maximum atomic E-state index is 10.7. The maximum absolute atomic E-state index is 10.7. The van der Waals surface area contributed by atoms with Gasteiger partial charge in [-0.05, 0) is 40.3 Å². The molecular weight excluding hydrogens is 246 g/mol. The number of amides is 1. The lowest BCUT2D eigenvalue weighted by molar-refractivity contribution is 0.153. The standard InChI is InChI=1S/C12H21N5O2/c1-7-13-11(16-15-7)9-5-4-8(14-12(18)19)6-10(9)17(2)3/h8-10,14H,4-6H2,1-3H3,(H,18,19)(H,13,15,16). The third kappa shape index (κ3) is 3.23. The highest BCUT2D eigenvalue weighted by Gasteiger charge is 2.35. The minimum Gasteiger partial charge on any atom is -0.465 e. The zero-order valence-corrected chi connectivity index (χ0v) is 11.6. The summed E-state index contributed by atoms with van der Waals surface area (Å²) in [4.78, 5) is 17.3. The quantitative estimate of drug-likeness (QED) is 0.758. The molecule has 1 amide bonds. The zero-order chi connectivity index (χ0) is 14.0. The van der Waals surface area contributed by atoms with Crippen molar-refractivity contribution < 1.29 is 9.90 Å². The Morgan fingerprint density at radius 2 is 2.21 bits per heavy atom. The molecule has 1 heterocycles. The van der Waals surface area contributed by atoms with E-state index >= 15 is 0 Å². The molecular formula is C12H21N5O2. The molecule has 0 saturated heterocycles. The summed E-state index contributed by atoms with van der Waals surface area (Å²) in [6.45, 7) is 1.89. The van der Waals surface area contributed by atoms with Crippen molar-refractivity contribution in [3.05, 3.63) is 11.6 Å². The van der Waals surface area contributed by atoms with Crippen LogP contribution in [0.5, 0.6) is 0 Å². The Balaban J connectivity index is 2.10. The molecule has 1 fully saturated rings. The minimum absolute atomic E-state index is 0.0150. The second-order valence-corrected chi connectivity index (χ2v) is 5.38. The molecule has 19 heavy (non-hydrogen) atoms. The molecule has 1 aromatic rings. The van der Waals surface area contributed by atoms with Gasteiger partial charge in [-0.3, -0.25) is 5.10 Å². The van der Waals surface area contributed by atoms with Crippen LogP contribution in [0, 0.1) is 6.92 Å². The van der Waals surface area contributed by atoms with E-state index in [9.17, 15) is 4.79 Å². The molecule has 0 spiro atoms. The van der Waals surface area contributed by atoms with Crippen LogP contribution in [0.4, 0.5) is 4.79 Å². The van der Waals surface area contributed by atoms with Gasteiger partial charge in [-0.25, -0.2) is 9.78 Å². The first-order valence-electron chi connectivity index (χ1n) is 6.52. The number of aryl methyl sites for hydroxylation is 1. The molecule has 1 aliphatic rings. The van der Waals surface area contributed by atoms with Gasteiger partial charge in [0.05, 0.1) is 0 Å². The maximum Gasteiger partial charge on any atom is 0.404 e. The molecule has 1 aromatic heterocycles. The van der Waals surface area contributed by atoms with Crippen LogP contribution in [0.25, 0.3) is 0 Å². The Hall–Kier alpha value is -1.63. The number of carbonyl (C=O) groups is 1. The number of aromatic nitrogens is 3. The molecule has 0 radical (unpaired) electrons. The van der Waals surface area contributed by atoms with Crippen LogP contribution >= 0.6 is 0 Å². The fraction of sp³-hybridized carbons (Fsp3) is 0.750. The monoisotopic (exact) mass is 267 g/mol. The summed E-state index contributed by atoms with van der Waals surface area (Å²) in [5.74, 6) is 1.91. The third-order valence-electron chi connectivity index (χ3n) is 3.75. The summed E-state index contributed by atoms with van der Waals surface area (Å²) >= 11 is 0. The summed E-state index contributed by atoms with van der Waals surface area (Å²) in [6, 6.07) is 0.266. The van der Waals surface area contributed by atoms with Crippen molar-refractivity contribution in [1.82, 2.24) is 25.4 Å². The zero-order valence-electron chi connectivity index (χ0n) is 11.6. The summed E-state index contributed by atoms with van der Waals surface area (Å²) < 4.78 is 0. The number of aromatic amines is 1. The van der Waals surface area contributed by atoms with Crippen molar-refractivity contribution in [2.24, 2.45) is 0 Å². The van der Waals surface area contributed by atoms with Crippen LogP contribution < -0.4 is 5.32 Å². The summed E-state index contributed by atoms with van der Waals surface area (Å²) in [6.07, 6.45) is 1.56. The van der Waals surface area contributed by atoms with Crippen molar-refractivity contribution >= 4 is 6.09 Å². The smallest absolute Gasteiger partial charge is 0.404 e. The number of H-pyrrole nitrogens is 1. The number of carboxylic acid groups (broad SMARTS) is 1. The number of nitrogens with one attached hydrogen (secondary N) is 2. The SMILES string of the molecule is Cc1nc(C2CCC(NC(=O)O)CC2N(C)C)n[nH]1. The lowest BCUT2D eigenvalue weighted by atomic mass is 9.80. The summed E-state index contributed by atoms with van der Waals surface area (Å²) in [5, 5.41) is 18.5. The van der Waals surface area contributed by atoms with Crippen LogP contribution in [0.2, 0.25) is 0 Å². The van der Waals surface area contributed by atoms with Gasteiger partial charge in [0.15, 0.2) is 5.82 Å². The van der Waals surface area contributed by atoms with Gasteiger partial charge in [-0.1, -0.05) is 0 Å². The molecule has 3 unspecified atom stereocenters. The Kier molecular flexibility index (Phi) is 4.04. The van der Waals surface area contributed by atoms with E-state index in [1.807, 2.05) is 21.0 Å². The molecule has 3 atom stereocenters. The van der Waals surface area contributed by atoms with Gasteiger partial charge in [-0.15, -0.1) is 0 Å². The number of hydrogen-bond donors (Lipinski definition) is 3. The second kappa shape index (κ2) is 5.56. The average molecular weight is 267 g/mol. The Bertz CT molecular complexity index is 445. The Labute approximate surface area is 112 Å². The van der Waals surface area contributed by atoms with E-state index in [0.29, 0.717) is 0 Å². The van der Waals surface area contributed by atoms with Gasteiger partial charge >= 0.3 is 6.09 Å². The normalized spacial score (nSPS) is 27.5. The number of likely N-dealkylation sites (N-methyl/N-ethyl adjacent to an activating group) is 1. The molecule has 2 rings (SSSR count). The molecule has 0 bridgehead atoms. The minimum atomic E-state index is -0.949. The number of rotatable bonds is 3. The van der Waals surface area contributed by atoms with Crippen molar-refractivity contribution in [3.8, 4) is 0 Å². The van der Waals surface area contributed by atoms with Gasteiger partial charge < -0.3 is 15.3 Å². The van der Waals surface area contributed by atoms with E-state index in [-0.39, 0.29) is 18.0 Å². The van der Waals surface area contributed by atoms with Gasteiger partial charge in [0.2, 0.25) is 0 Å². The van der Waals surface area contributed by atoms with E-state index in [1.54, 1.807) is 0 Å². The van der Waals surface area contributed by atoms with Crippen LogP contribution in [0.1, 0.15) is 36.8 Å². The summed E-state index contributed by atoms with van der Waals surface area (Å²) in [5.41, 5.74) is 0. The third-order valence-corrected chi connectivity index (χ3v) is 3.75. The lowest BCUT2D eigenvalue weighted by Crippen LogP contribution is -2.46. The Morgan fingerprint density at radius 3 is 2.74 bits per heavy atom. The van der Waals surface area contributed by atoms with Crippen LogP contribution in [-0.2, 0) is 0 Å². The lowest BCUT2D eigenvalue weighted by Gasteiger charge is -2.38. The fourth-order valence-electron chi connectivity index (χ4n) is 2.85. The molecule has 0 aromatic carbocycles. The van der Waals surface area contributed by atoms with Crippen LogP contribution in [0.15, 0.2) is 0 Å². The topological polar surface area (TPSA) is 94.1 Å². The molecule has 1 aliphatic carbocycles. The van der Waals surface area contributed by atoms with Crippen molar-refractivity contribution in [2.75, 3.05) is 14.1 Å². The van der Waals surface area contributed by atoms with Crippen LogP contribution in [0.3, 0.4) is 0 Å². The van der Waals surface area contributed by atoms with Crippen molar-refractivity contribution in [3.63, 3.8) is 0 Å². The first kappa shape index (κ1) is 13.8. The predicted octanol–water partition coefficient (Wildman–Crippen LogP) is 0.947. The van der Waals surface area contributed by atoms with E-state index < -0.39 is 6.09 Å². The van der Waals surface area contributed by atoms with Gasteiger partial charge in [0, 0.05) is 18.0 Å². The number of hydrogen-bond acceptors (Lipinski definition) is 4. The van der Waals surface area contributed by atoms with Crippen molar-refractivity contribution in [1.29, 1.82) is 0 Å². The fourth-order valence-corrected chi connectivity index (χ4v) is 2.85. The highest BCUT2D eigenvalue weighted by molar-refractivity contribution is 5.64. The molecule has 7 nitrogen and oxygen atoms in total. The van der Waals surface area contributed by atoms with Crippen LogP contribution in [-0.4, -0.2) is 57.5 Å². The molecule has 0 aliphatic heterocycles. The highest BCUT2D eigenvalue weighted by atomic mass is 16.4. The molecule has 7 heteroatoms. The number of nitrogens with zero attached hydrogens (tertiary/aromatic N) is 3. The van der Waals surface area contributed by atoms with Gasteiger partial charge in [0.1, 0.15) is 5.82 Å². The Morgan fingerprint density at radius 1 is 1.47 bits per heavy atom. The molecule has 1 saturated carbocycles. The van der Waals surface area contributed by atoms with E-state index in [0.717, 1.165) is 30.9 Å². The van der Waals surface area contributed by atoms with Gasteiger partial charge in [0.25, 0.3) is 0 Å². The first-order chi connectivity index (χ1) is 8.97. The summed E-state index contributed by atoms with van der Waals surface area (Å²) in [7, 11) is 4.03. The van der Waals surface area contributed by atoms with Crippen molar-refractivity contribution in [2.45, 2.75) is 44.2 Å². The van der Waals surface area contributed by atoms with E-state index in [1.165, 1.54) is 0 Å².